The normalized spacial score (nSPS) is 20.1. The third-order valence-electron chi connectivity index (χ3n) is 4.18. The van der Waals surface area contributed by atoms with Crippen molar-refractivity contribution in [3.8, 4) is 11.5 Å². The van der Waals surface area contributed by atoms with Crippen LogP contribution in [0, 0.1) is 16.0 Å². The molecular formula is C14H20ClN3O6S. The molecule has 1 N–H and O–H groups in total. The largest absolute Gasteiger partial charge is 0.486 e. The summed E-state index contributed by atoms with van der Waals surface area (Å²) in [5.41, 5.74) is -0.490. The summed E-state index contributed by atoms with van der Waals surface area (Å²) in [5, 5.41) is 14.4. The van der Waals surface area contributed by atoms with Gasteiger partial charge in [-0.2, -0.15) is 4.31 Å². The lowest BCUT2D eigenvalue weighted by atomic mass is 10.1. The van der Waals surface area contributed by atoms with Crippen LogP contribution < -0.4 is 14.8 Å². The number of fused-ring (bicyclic) bond motifs is 1. The van der Waals surface area contributed by atoms with Crippen LogP contribution in [0.25, 0.3) is 0 Å². The van der Waals surface area contributed by atoms with Gasteiger partial charge in [-0.25, -0.2) is 8.42 Å². The maximum Gasteiger partial charge on any atom is 0.293 e. The van der Waals surface area contributed by atoms with Crippen LogP contribution in [0.15, 0.2) is 17.0 Å². The van der Waals surface area contributed by atoms with E-state index >= 15 is 0 Å². The fourth-order valence-electron chi connectivity index (χ4n) is 3.02. The van der Waals surface area contributed by atoms with Crippen molar-refractivity contribution in [2.24, 2.45) is 5.92 Å². The molecule has 2 aliphatic rings. The molecule has 1 saturated heterocycles. The van der Waals surface area contributed by atoms with Gasteiger partial charge in [0.25, 0.3) is 5.69 Å². The van der Waals surface area contributed by atoms with E-state index in [1.165, 1.54) is 10.4 Å². The van der Waals surface area contributed by atoms with Crippen molar-refractivity contribution in [3.63, 3.8) is 0 Å². The van der Waals surface area contributed by atoms with Gasteiger partial charge < -0.3 is 14.8 Å². The third-order valence-corrected chi connectivity index (χ3v) is 6.07. The summed E-state index contributed by atoms with van der Waals surface area (Å²) >= 11 is 0. The van der Waals surface area contributed by atoms with Gasteiger partial charge in [0.1, 0.15) is 13.2 Å². The van der Waals surface area contributed by atoms with Crippen molar-refractivity contribution in [2.75, 3.05) is 39.9 Å². The molecule has 0 aromatic heterocycles. The van der Waals surface area contributed by atoms with Crippen molar-refractivity contribution in [2.45, 2.75) is 11.3 Å². The van der Waals surface area contributed by atoms with Gasteiger partial charge in [0.15, 0.2) is 16.4 Å². The Morgan fingerprint density at radius 1 is 1.32 bits per heavy atom. The summed E-state index contributed by atoms with van der Waals surface area (Å²) in [6.45, 7) is 1.94. The van der Waals surface area contributed by atoms with Crippen LogP contribution in [0.5, 0.6) is 11.5 Å². The van der Waals surface area contributed by atoms with Crippen molar-refractivity contribution < 1.29 is 22.8 Å². The van der Waals surface area contributed by atoms with Crippen molar-refractivity contribution in [3.05, 3.63) is 22.2 Å². The Balaban J connectivity index is 0.00000225. The van der Waals surface area contributed by atoms with Crippen molar-refractivity contribution >= 4 is 28.1 Å². The number of sulfonamides is 1. The van der Waals surface area contributed by atoms with Crippen LogP contribution in [-0.2, 0) is 10.0 Å². The second kappa shape index (κ2) is 7.73. The van der Waals surface area contributed by atoms with Crippen LogP contribution in [0.3, 0.4) is 0 Å². The molecule has 3 rings (SSSR count). The van der Waals surface area contributed by atoms with E-state index in [0.29, 0.717) is 19.6 Å². The smallest absolute Gasteiger partial charge is 0.293 e. The van der Waals surface area contributed by atoms with Gasteiger partial charge in [-0.1, -0.05) is 0 Å². The summed E-state index contributed by atoms with van der Waals surface area (Å²) in [6, 6.07) is 2.33. The molecule has 0 bridgehead atoms. The van der Waals surface area contributed by atoms with E-state index in [9.17, 15) is 18.5 Å². The minimum atomic E-state index is -3.97. The van der Waals surface area contributed by atoms with Crippen LogP contribution in [-0.4, -0.2) is 57.5 Å². The summed E-state index contributed by atoms with van der Waals surface area (Å²) in [7, 11) is -2.16. The molecule has 0 spiro atoms. The Bertz CT molecular complexity index is 757. The van der Waals surface area contributed by atoms with Gasteiger partial charge in [-0.3, -0.25) is 10.1 Å². The Morgan fingerprint density at radius 2 is 1.96 bits per heavy atom. The summed E-state index contributed by atoms with van der Waals surface area (Å²) in [6.07, 6.45) is 0.721. The number of benzene rings is 1. The van der Waals surface area contributed by atoms with Gasteiger partial charge in [0.05, 0.1) is 11.0 Å². The molecule has 25 heavy (non-hydrogen) atoms. The average molecular weight is 394 g/mol. The van der Waals surface area contributed by atoms with Gasteiger partial charge in [0, 0.05) is 19.2 Å². The Labute approximate surface area is 151 Å². The van der Waals surface area contributed by atoms with Crippen LogP contribution >= 0.6 is 12.4 Å². The monoisotopic (exact) mass is 393 g/mol. The SMILES string of the molecule is CNCC1CCN(S(=O)(=O)c2cc3c(cc2[N+](=O)[O-])OCCO3)C1.Cl. The Hall–Kier alpha value is -1.62. The number of nitrogens with zero attached hydrogens (tertiary/aromatic N) is 2. The quantitative estimate of drug-likeness (QED) is 0.587. The Morgan fingerprint density at radius 3 is 2.56 bits per heavy atom. The first-order valence-electron chi connectivity index (χ1n) is 7.66. The third kappa shape index (κ3) is 3.81. The molecular weight excluding hydrogens is 374 g/mol. The molecule has 9 nitrogen and oxygen atoms in total. The first-order chi connectivity index (χ1) is 11.4. The fourth-order valence-corrected chi connectivity index (χ4v) is 4.70. The van der Waals surface area contributed by atoms with Crippen LogP contribution in [0.1, 0.15) is 6.42 Å². The maximum atomic E-state index is 12.9. The Kier molecular flexibility index (Phi) is 6.09. The van der Waals surface area contributed by atoms with Gasteiger partial charge in [0.2, 0.25) is 10.0 Å². The lowest BCUT2D eigenvalue weighted by Crippen LogP contribution is -2.31. The first kappa shape index (κ1) is 19.7. The number of hydrogen-bond donors (Lipinski definition) is 1. The van der Waals surface area contributed by atoms with E-state index < -0.39 is 20.6 Å². The number of rotatable bonds is 5. The summed E-state index contributed by atoms with van der Waals surface area (Å²) in [4.78, 5) is 10.3. The standard InChI is InChI=1S/C14H19N3O6S.ClH/c1-15-8-10-2-3-16(9-10)24(20,21)14-7-13-12(22-4-5-23-13)6-11(14)17(18)19;/h6-7,10,15H,2-5,8-9H2,1H3;1H. The molecule has 0 aliphatic carbocycles. The summed E-state index contributed by atoms with van der Waals surface area (Å²) < 4.78 is 37.8. The molecule has 2 aliphatic heterocycles. The zero-order valence-corrected chi connectivity index (χ0v) is 15.3. The van der Waals surface area contributed by atoms with Crippen LogP contribution in [0.2, 0.25) is 0 Å². The number of nitro groups is 1. The number of nitrogens with one attached hydrogen (secondary N) is 1. The van der Waals surface area contributed by atoms with E-state index in [1.807, 2.05) is 7.05 Å². The summed E-state index contributed by atoms with van der Waals surface area (Å²) in [5.74, 6) is 0.610. The van der Waals surface area contributed by atoms with Gasteiger partial charge >= 0.3 is 0 Å². The van der Waals surface area contributed by atoms with Crippen LogP contribution in [0.4, 0.5) is 5.69 Å². The lowest BCUT2D eigenvalue weighted by molar-refractivity contribution is -0.388. The number of nitro benzene ring substituents is 1. The van der Waals surface area contributed by atoms with Crippen molar-refractivity contribution in [1.82, 2.24) is 9.62 Å². The average Bonchev–Trinajstić information content (AvgIpc) is 3.03. The molecule has 1 atom stereocenters. The van der Waals surface area contributed by atoms with Crippen molar-refractivity contribution in [1.29, 1.82) is 0 Å². The van der Waals surface area contributed by atoms with E-state index in [0.717, 1.165) is 12.5 Å². The predicted molar refractivity (Wildman–Crippen MR) is 92.1 cm³/mol. The topological polar surface area (TPSA) is 111 Å². The fraction of sp³-hybridized carbons (Fsp3) is 0.571. The number of hydrogen-bond acceptors (Lipinski definition) is 7. The number of halogens is 1. The molecule has 1 unspecified atom stereocenters. The molecule has 1 aromatic rings. The molecule has 140 valence electrons. The zero-order valence-electron chi connectivity index (χ0n) is 13.6. The molecule has 0 saturated carbocycles. The van der Waals surface area contributed by atoms with E-state index in [2.05, 4.69) is 5.32 Å². The van der Waals surface area contributed by atoms with E-state index in [4.69, 9.17) is 9.47 Å². The van der Waals surface area contributed by atoms with Gasteiger partial charge in [-0.05, 0) is 25.9 Å². The second-order valence-corrected chi connectivity index (χ2v) is 7.70. The lowest BCUT2D eigenvalue weighted by Gasteiger charge is -2.21. The van der Waals surface area contributed by atoms with E-state index in [-0.39, 0.29) is 47.9 Å². The highest BCUT2D eigenvalue weighted by Crippen LogP contribution is 2.40. The predicted octanol–water partition coefficient (Wildman–Crippen LogP) is 1.02. The zero-order chi connectivity index (χ0) is 17.3. The second-order valence-electron chi connectivity index (χ2n) is 5.80. The molecule has 0 amide bonds. The highest BCUT2D eigenvalue weighted by atomic mass is 35.5. The molecule has 2 heterocycles. The van der Waals surface area contributed by atoms with Gasteiger partial charge in [-0.15, -0.1) is 12.4 Å². The van der Waals surface area contributed by atoms with E-state index in [1.54, 1.807) is 0 Å². The molecule has 11 heteroatoms. The highest BCUT2D eigenvalue weighted by Gasteiger charge is 2.38. The minimum Gasteiger partial charge on any atom is -0.486 e. The molecule has 1 fully saturated rings. The molecule has 0 radical (unpaired) electrons. The highest BCUT2D eigenvalue weighted by molar-refractivity contribution is 7.89. The molecule has 1 aromatic carbocycles. The minimum absolute atomic E-state index is 0. The first-order valence-corrected chi connectivity index (χ1v) is 9.10. The maximum absolute atomic E-state index is 12.9. The number of ether oxygens (including phenoxy) is 2.